The number of rotatable bonds is 6. The maximum absolute atomic E-state index is 11.5. The van der Waals surface area contributed by atoms with E-state index in [1.54, 1.807) is 0 Å². The highest BCUT2D eigenvalue weighted by molar-refractivity contribution is 7.87. The van der Waals surface area contributed by atoms with Gasteiger partial charge in [-0.2, -0.15) is 13.1 Å². The van der Waals surface area contributed by atoms with E-state index >= 15 is 0 Å². The van der Waals surface area contributed by atoms with E-state index in [4.69, 9.17) is 0 Å². The average molecular weight is 264 g/mol. The molecule has 0 radical (unpaired) electrons. The summed E-state index contributed by atoms with van der Waals surface area (Å²) in [6.45, 7) is 4.59. The predicted octanol–water partition coefficient (Wildman–Crippen LogP) is 0.762. The normalized spacial score (nSPS) is 30.4. The van der Waals surface area contributed by atoms with E-state index in [0.29, 0.717) is 25.3 Å². The lowest BCUT2D eigenvalue weighted by Gasteiger charge is -2.34. The third-order valence-corrected chi connectivity index (χ3v) is 4.45. The molecule has 1 saturated carbocycles. The number of aliphatic hydroxyl groups is 1. The van der Waals surface area contributed by atoms with E-state index in [1.165, 1.54) is 0 Å². The van der Waals surface area contributed by atoms with Crippen molar-refractivity contribution in [3.63, 3.8) is 0 Å². The number of hydrogen-bond acceptors (Lipinski definition) is 3. The predicted molar refractivity (Wildman–Crippen MR) is 67.8 cm³/mol. The van der Waals surface area contributed by atoms with Crippen molar-refractivity contribution in [3.05, 3.63) is 0 Å². The summed E-state index contributed by atoms with van der Waals surface area (Å²) in [6.07, 6.45) is 4.01. The SMILES string of the molecule is CCCNS(=O)(=O)NCC1(O)CCC(C)CC1. The van der Waals surface area contributed by atoms with Crippen molar-refractivity contribution in [2.45, 2.75) is 51.6 Å². The fourth-order valence-corrected chi connectivity index (χ4v) is 3.03. The van der Waals surface area contributed by atoms with Crippen molar-refractivity contribution < 1.29 is 13.5 Å². The van der Waals surface area contributed by atoms with E-state index in [9.17, 15) is 13.5 Å². The molecular weight excluding hydrogens is 240 g/mol. The fourth-order valence-electron chi connectivity index (χ4n) is 1.99. The van der Waals surface area contributed by atoms with Gasteiger partial charge in [0.05, 0.1) is 5.60 Å². The fraction of sp³-hybridized carbons (Fsp3) is 1.00. The van der Waals surface area contributed by atoms with Crippen molar-refractivity contribution in [2.24, 2.45) is 5.92 Å². The van der Waals surface area contributed by atoms with Crippen LogP contribution in [-0.4, -0.2) is 32.2 Å². The first-order valence-corrected chi connectivity index (χ1v) is 7.82. The zero-order valence-electron chi connectivity index (χ0n) is 10.7. The first-order chi connectivity index (χ1) is 7.87. The van der Waals surface area contributed by atoms with Gasteiger partial charge in [0.15, 0.2) is 0 Å². The molecule has 0 aromatic carbocycles. The lowest BCUT2D eigenvalue weighted by atomic mass is 9.80. The first kappa shape index (κ1) is 14.9. The van der Waals surface area contributed by atoms with Gasteiger partial charge in [-0.3, -0.25) is 0 Å². The standard InChI is InChI=1S/C11H24N2O3S/c1-3-8-12-17(15,16)13-9-11(14)6-4-10(2)5-7-11/h10,12-14H,3-9H2,1-2H3. The molecule has 0 amide bonds. The molecule has 1 aliphatic rings. The minimum Gasteiger partial charge on any atom is -0.389 e. The van der Waals surface area contributed by atoms with Gasteiger partial charge in [-0.1, -0.05) is 13.8 Å². The Kier molecular flexibility index (Phi) is 5.37. The van der Waals surface area contributed by atoms with E-state index in [1.807, 2.05) is 6.92 Å². The van der Waals surface area contributed by atoms with Crippen molar-refractivity contribution in [3.8, 4) is 0 Å². The molecular formula is C11H24N2O3S. The van der Waals surface area contributed by atoms with Gasteiger partial charge in [0.1, 0.15) is 0 Å². The number of nitrogens with one attached hydrogen (secondary N) is 2. The summed E-state index contributed by atoms with van der Waals surface area (Å²) in [6, 6.07) is 0. The molecule has 0 aromatic heterocycles. The molecule has 0 saturated heterocycles. The van der Waals surface area contributed by atoms with Crippen LogP contribution in [-0.2, 0) is 10.2 Å². The molecule has 3 N–H and O–H groups in total. The van der Waals surface area contributed by atoms with Crippen LogP contribution in [0.25, 0.3) is 0 Å². The summed E-state index contributed by atoms with van der Waals surface area (Å²) < 4.78 is 27.9. The van der Waals surface area contributed by atoms with Gasteiger partial charge in [0.25, 0.3) is 10.2 Å². The Labute approximate surface area is 104 Å². The average Bonchev–Trinajstić information content (AvgIpc) is 2.29. The Bertz CT molecular complexity index is 322. The summed E-state index contributed by atoms with van der Waals surface area (Å²) in [5, 5.41) is 10.2. The Morgan fingerprint density at radius 1 is 1.29 bits per heavy atom. The third-order valence-electron chi connectivity index (χ3n) is 3.34. The zero-order chi connectivity index (χ0) is 12.9. The molecule has 0 aliphatic heterocycles. The van der Waals surface area contributed by atoms with Crippen LogP contribution < -0.4 is 9.44 Å². The van der Waals surface area contributed by atoms with Gasteiger partial charge in [0.2, 0.25) is 0 Å². The van der Waals surface area contributed by atoms with Crippen LogP contribution in [0.5, 0.6) is 0 Å². The van der Waals surface area contributed by atoms with Crippen molar-refractivity contribution >= 4 is 10.2 Å². The van der Waals surface area contributed by atoms with Crippen LogP contribution in [0.3, 0.4) is 0 Å². The van der Waals surface area contributed by atoms with Crippen molar-refractivity contribution in [2.75, 3.05) is 13.1 Å². The summed E-state index contributed by atoms with van der Waals surface area (Å²) in [5.41, 5.74) is -0.868. The molecule has 0 atom stereocenters. The molecule has 17 heavy (non-hydrogen) atoms. The van der Waals surface area contributed by atoms with Gasteiger partial charge in [-0.25, -0.2) is 4.72 Å². The third kappa shape index (κ3) is 5.33. The second-order valence-corrected chi connectivity index (χ2v) is 6.71. The molecule has 6 heteroatoms. The maximum Gasteiger partial charge on any atom is 0.277 e. The van der Waals surface area contributed by atoms with Gasteiger partial charge in [-0.15, -0.1) is 0 Å². The monoisotopic (exact) mass is 264 g/mol. The van der Waals surface area contributed by atoms with E-state index in [0.717, 1.165) is 19.3 Å². The van der Waals surface area contributed by atoms with Gasteiger partial charge < -0.3 is 5.11 Å². The molecule has 0 bridgehead atoms. The second-order valence-electron chi connectivity index (χ2n) is 5.13. The van der Waals surface area contributed by atoms with Crippen LogP contribution in [0, 0.1) is 5.92 Å². The van der Waals surface area contributed by atoms with Crippen LogP contribution in [0.2, 0.25) is 0 Å². The van der Waals surface area contributed by atoms with Gasteiger partial charge >= 0.3 is 0 Å². The second kappa shape index (κ2) is 6.13. The Morgan fingerprint density at radius 3 is 2.41 bits per heavy atom. The highest BCUT2D eigenvalue weighted by Crippen LogP contribution is 2.31. The maximum atomic E-state index is 11.5. The first-order valence-electron chi connectivity index (χ1n) is 6.33. The van der Waals surface area contributed by atoms with Gasteiger partial charge in [0, 0.05) is 13.1 Å². The van der Waals surface area contributed by atoms with E-state index in [-0.39, 0.29) is 6.54 Å². The lowest BCUT2D eigenvalue weighted by molar-refractivity contribution is -0.00188. The largest absolute Gasteiger partial charge is 0.389 e. The molecule has 1 aliphatic carbocycles. The smallest absolute Gasteiger partial charge is 0.277 e. The van der Waals surface area contributed by atoms with Crippen LogP contribution in [0.1, 0.15) is 46.0 Å². The highest BCUT2D eigenvalue weighted by atomic mass is 32.2. The van der Waals surface area contributed by atoms with Crippen molar-refractivity contribution in [1.82, 2.24) is 9.44 Å². The highest BCUT2D eigenvalue weighted by Gasteiger charge is 2.32. The molecule has 5 nitrogen and oxygen atoms in total. The van der Waals surface area contributed by atoms with Crippen LogP contribution in [0.15, 0.2) is 0 Å². The Balaban J connectivity index is 2.39. The van der Waals surface area contributed by atoms with Crippen molar-refractivity contribution in [1.29, 1.82) is 0 Å². The Hall–Kier alpha value is -0.170. The quantitative estimate of drug-likeness (QED) is 0.663. The molecule has 0 spiro atoms. The molecule has 0 aromatic rings. The van der Waals surface area contributed by atoms with Gasteiger partial charge in [-0.05, 0) is 38.0 Å². The van der Waals surface area contributed by atoms with E-state index < -0.39 is 15.8 Å². The zero-order valence-corrected chi connectivity index (χ0v) is 11.5. The molecule has 1 rings (SSSR count). The minimum atomic E-state index is -3.45. The summed E-state index contributed by atoms with van der Waals surface area (Å²) in [4.78, 5) is 0. The van der Waals surface area contributed by atoms with E-state index in [2.05, 4.69) is 16.4 Å². The lowest BCUT2D eigenvalue weighted by Crippen LogP contribution is -2.48. The molecule has 0 heterocycles. The summed E-state index contributed by atoms with van der Waals surface area (Å²) >= 11 is 0. The molecule has 1 fully saturated rings. The minimum absolute atomic E-state index is 0.110. The number of hydrogen-bond donors (Lipinski definition) is 3. The Morgan fingerprint density at radius 2 is 1.88 bits per heavy atom. The molecule has 0 unspecified atom stereocenters. The molecule has 102 valence electrons. The topological polar surface area (TPSA) is 78.4 Å². The summed E-state index contributed by atoms with van der Waals surface area (Å²) in [5.74, 6) is 0.630. The summed E-state index contributed by atoms with van der Waals surface area (Å²) in [7, 11) is -3.45. The van der Waals surface area contributed by atoms with Crippen LogP contribution in [0.4, 0.5) is 0 Å². The van der Waals surface area contributed by atoms with Crippen LogP contribution >= 0.6 is 0 Å².